The van der Waals surface area contributed by atoms with E-state index in [9.17, 15) is 0 Å². The summed E-state index contributed by atoms with van der Waals surface area (Å²) in [7, 11) is 2.20. The Kier molecular flexibility index (Phi) is 4.40. The van der Waals surface area contributed by atoms with Crippen LogP contribution in [0.25, 0.3) is 0 Å². The number of anilines is 1. The first-order valence-corrected chi connectivity index (χ1v) is 6.99. The summed E-state index contributed by atoms with van der Waals surface area (Å²) in [6.45, 7) is 5.53. The summed E-state index contributed by atoms with van der Waals surface area (Å²) in [4.78, 5) is 6.78. The van der Waals surface area contributed by atoms with Crippen molar-refractivity contribution in [2.75, 3.05) is 32.0 Å². The van der Waals surface area contributed by atoms with Crippen LogP contribution in [0, 0.1) is 12.8 Å². The molecule has 1 atom stereocenters. The van der Waals surface area contributed by atoms with Gasteiger partial charge in [0.05, 0.1) is 4.47 Å². The van der Waals surface area contributed by atoms with Gasteiger partial charge in [-0.2, -0.15) is 0 Å². The molecular formula is C13H20BrN3. The van der Waals surface area contributed by atoms with Gasteiger partial charge in [0.25, 0.3) is 0 Å². The third-order valence-corrected chi connectivity index (χ3v) is 4.36. The largest absolute Gasteiger partial charge is 0.369 e. The predicted molar refractivity (Wildman–Crippen MR) is 75.4 cm³/mol. The average molecular weight is 298 g/mol. The van der Waals surface area contributed by atoms with E-state index in [1.807, 2.05) is 12.3 Å². The third-order valence-electron chi connectivity index (χ3n) is 3.36. The number of halogens is 1. The van der Waals surface area contributed by atoms with E-state index in [-0.39, 0.29) is 0 Å². The topological polar surface area (TPSA) is 28.2 Å². The van der Waals surface area contributed by atoms with Gasteiger partial charge >= 0.3 is 0 Å². The van der Waals surface area contributed by atoms with Crippen molar-refractivity contribution < 1.29 is 0 Å². The number of rotatable bonds is 3. The Morgan fingerprint density at radius 1 is 1.59 bits per heavy atom. The van der Waals surface area contributed by atoms with E-state index < -0.39 is 0 Å². The molecule has 1 saturated heterocycles. The summed E-state index contributed by atoms with van der Waals surface area (Å²) in [6, 6.07) is 2.02. The number of aromatic nitrogens is 1. The molecular weight excluding hydrogens is 278 g/mol. The van der Waals surface area contributed by atoms with Crippen LogP contribution < -0.4 is 5.32 Å². The number of hydrogen-bond donors (Lipinski definition) is 1. The quantitative estimate of drug-likeness (QED) is 0.930. The predicted octanol–water partition coefficient (Wildman–Crippen LogP) is 2.91. The number of aryl methyl sites for hydroxylation is 1. The zero-order chi connectivity index (χ0) is 12.3. The van der Waals surface area contributed by atoms with Gasteiger partial charge in [-0.15, -0.1) is 0 Å². The van der Waals surface area contributed by atoms with Gasteiger partial charge in [-0.25, -0.2) is 4.98 Å². The fraction of sp³-hybridized carbons (Fsp3) is 0.615. The molecule has 4 heteroatoms. The highest BCUT2D eigenvalue weighted by molar-refractivity contribution is 9.10. The lowest BCUT2D eigenvalue weighted by atomic mass is 9.98. The van der Waals surface area contributed by atoms with E-state index in [0.29, 0.717) is 0 Å². The van der Waals surface area contributed by atoms with Crippen LogP contribution in [0.1, 0.15) is 18.4 Å². The molecule has 1 fully saturated rings. The molecule has 0 radical (unpaired) electrons. The molecule has 0 saturated carbocycles. The van der Waals surface area contributed by atoms with E-state index in [2.05, 4.69) is 45.1 Å². The monoisotopic (exact) mass is 297 g/mol. The summed E-state index contributed by atoms with van der Waals surface area (Å²) in [5, 5.41) is 3.46. The minimum atomic E-state index is 0.739. The van der Waals surface area contributed by atoms with Crippen molar-refractivity contribution in [3.05, 3.63) is 22.3 Å². The van der Waals surface area contributed by atoms with Gasteiger partial charge in [-0.1, -0.05) is 0 Å². The molecule has 3 nitrogen and oxygen atoms in total. The highest BCUT2D eigenvalue weighted by Crippen LogP contribution is 2.24. The van der Waals surface area contributed by atoms with Crippen molar-refractivity contribution >= 4 is 21.7 Å². The summed E-state index contributed by atoms with van der Waals surface area (Å²) in [6.07, 6.45) is 4.49. The molecule has 0 aliphatic carbocycles. The first-order chi connectivity index (χ1) is 8.16. The maximum Gasteiger partial charge on any atom is 0.140 e. The number of pyridine rings is 1. The number of hydrogen-bond acceptors (Lipinski definition) is 3. The van der Waals surface area contributed by atoms with Crippen LogP contribution in [0.4, 0.5) is 5.82 Å². The lowest BCUT2D eigenvalue weighted by Crippen LogP contribution is -2.35. The van der Waals surface area contributed by atoms with Gasteiger partial charge in [-0.05, 0) is 66.8 Å². The first kappa shape index (κ1) is 12.8. The van der Waals surface area contributed by atoms with Crippen molar-refractivity contribution in [1.82, 2.24) is 9.88 Å². The number of nitrogens with zero attached hydrogens (tertiary/aromatic N) is 2. The van der Waals surface area contributed by atoms with Crippen LogP contribution in [-0.2, 0) is 0 Å². The second kappa shape index (κ2) is 5.83. The summed E-state index contributed by atoms with van der Waals surface area (Å²) in [5.41, 5.74) is 1.23. The van der Waals surface area contributed by atoms with Crippen molar-refractivity contribution in [3.8, 4) is 0 Å². The average Bonchev–Trinajstić information content (AvgIpc) is 2.31. The SMILES string of the molecule is Cc1ccnc(NCC2CCCN(C)C2)c1Br. The number of piperidine rings is 1. The molecule has 1 aliphatic heterocycles. The van der Waals surface area contributed by atoms with Crippen molar-refractivity contribution in [2.24, 2.45) is 5.92 Å². The smallest absolute Gasteiger partial charge is 0.140 e. The lowest BCUT2D eigenvalue weighted by Gasteiger charge is -2.29. The first-order valence-electron chi connectivity index (χ1n) is 6.20. The van der Waals surface area contributed by atoms with Gasteiger partial charge in [0.1, 0.15) is 5.82 Å². The lowest BCUT2D eigenvalue weighted by molar-refractivity contribution is 0.217. The van der Waals surface area contributed by atoms with Gasteiger partial charge < -0.3 is 10.2 Å². The van der Waals surface area contributed by atoms with Gasteiger partial charge in [0, 0.05) is 19.3 Å². The maximum absolute atomic E-state index is 4.37. The Morgan fingerprint density at radius 2 is 2.41 bits per heavy atom. The van der Waals surface area contributed by atoms with E-state index in [0.717, 1.165) is 22.8 Å². The molecule has 1 aliphatic rings. The maximum atomic E-state index is 4.37. The van der Waals surface area contributed by atoms with Crippen molar-refractivity contribution in [1.29, 1.82) is 0 Å². The molecule has 2 rings (SSSR count). The van der Waals surface area contributed by atoms with E-state index in [4.69, 9.17) is 0 Å². The Morgan fingerprint density at radius 3 is 3.18 bits per heavy atom. The fourth-order valence-corrected chi connectivity index (χ4v) is 2.72. The number of likely N-dealkylation sites (tertiary alicyclic amines) is 1. The highest BCUT2D eigenvalue weighted by Gasteiger charge is 2.17. The fourth-order valence-electron chi connectivity index (χ4n) is 2.34. The Balaban J connectivity index is 1.91. The summed E-state index contributed by atoms with van der Waals surface area (Å²) in [5.74, 6) is 1.71. The minimum absolute atomic E-state index is 0.739. The summed E-state index contributed by atoms with van der Waals surface area (Å²) >= 11 is 3.58. The second-order valence-corrected chi connectivity index (χ2v) is 5.73. The van der Waals surface area contributed by atoms with E-state index in [1.54, 1.807) is 0 Å². The van der Waals surface area contributed by atoms with Crippen LogP contribution in [0.15, 0.2) is 16.7 Å². The zero-order valence-corrected chi connectivity index (χ0v) is 12.1. The van der Waals surface area contributed by atoms with E-state index in [1.165, 1.54) is 31.5 Å². The van der Waals surface area contributed by atoms with Crippen LogP contribution in [0.2, 0.25) is 0 Å². The molecule has 0 amide bonds. The molecule has 1 aromatic heterocycles. The molecule has 0 bridgehead atoms. The van der Waals surface area contributed by atoms with E-state index >= 15 is 0 Å². The van der Waals surface area contributed by atoms with Crippen LogP contribution in [0.5, 0.6) is 0 Å². The molecule has 1 N–H and O–H groups in total. The van der Waals surface area contributed by atoms with Crippen LogP contribution in [0.3, 0.4) is 0 Å². The Labute approximate surface area is 112 Å². The highest BCUT2D eigenvalue weighted by atomic mass is 79.9. The number of nitrogens with one attached hydrogen (secondary N) is 1. The van der Waals surface area contributed by atoms with Crippen molar-refractivity contribution in [3.63, 3.8) is 0 Å². The molecule has 1 unspecified atom stereocenters. The molecule has 2 heterocycles. The normalized spacial score (nSPS) is 21.5. The van der Waals surface area contributed by atoms with Gasteiger partial charge in [0.15, 0.2) is 0 Å². The molecule has 17 heavy (non-hydrogen) atoms. The molecule has 94 valence electrons. The molecule has 0 aromatic carbocycles. The second-order valence-electron chi connectivity index (χ2n) is 4.94. The van der Waals surface area contributed by atoms with Crippen molar-refractivity contribution in [2.45, 2.75) is 19.8 Å². The van der Waals surface area contributed by atoms with Gasteiger partial charge in [0.2, 0.25) is 0 Å². The summed E-state index contributed by atoms with van der Waals surface area (Å²) < 4.78 is 1.09. The zero-order valence-electron chi connectivity index (χ0n) is 10.5. The molecule has 0 spiro atoms. The minimum Gasteiger partial charge on any atom is -0.369 e. The Hall–Kier alpha value is -0.610. The van der Waals surface area contributed by atoms with Crippen LogP contribution >= 0.6 is 15.9 Å². The van der Waals surface area contributed by atoms with Gasteiger partial charge in [-0.3, -0.25) is 0 Å². The molecule has 1 aromatic rings. The Bertz CT molecular complexity index is 381. The third kappa shape index (κ3) is 3.42. The van der Waals surface area contributed by atoms with Crippen LogP contribution in [-0.4, -0.2) is 36.6 Å². The standard InChI is InChI=1S/C13H20BrN3/c1-10-5-6-15-13(12(10)14)16-8-11-4-3-7-17(2)9-11/h5-6,11H,3-4,7-9H2,1-2H3,(H,15,16).